The topological polar surface area (TPSA) is 45.7 Å². The highest BCUT2D eigenvalue weighted by molar-refractivity contribution is 7.13. The van der Waals surface area contributed by atoms with Crippen LogP contribution in [0.5, 0.6) is 5.75 Å². The van der Waals surface area contributed by atoms with Crippen LogP contribution in [0.3, 0.4) is 0 Å². The van der Waals surface area contributed by atoms with Gasteiger partial charge in [0, 0.05) is 48.7 Å². The molecule has 3 rings (SSSR count). The molecule has 2 heterocycles. The Bertz CT molecular complexity index is 808. The minimum Gasteiger partial charge on any atom is -0.496 e. The van der Waals surface area contributed by atoms with E-state index in [9.17, 15) is 4.79 Å². The van der Waals surface area contributed by atoms with Gasteiger partial charge in [-0.05, 0) is 18.2 Å². The molecule has 0 spiro atoms. The van der Waals surface area contributed by atoms with Gasteiger partial charge in [-0.25, -0.2) is 4.98 Å². The SMILES string of the molecule is COc1ccc(Cl)cc1CN1CCN(C(=O)c2cnc(C(C)(C)C)s2)CC1. The minimum absolute atomic E-state index is 0.0299. The van der Waals surface area contributed by atoms with Crippen molar-refractivity contribution in [2.75, 3.05) is 33.3 Å². The van der Waals surface area contributed by atoms with Gasteiger partial charge < -0.3 is 9.64 Å². The molecule has 0 aliphatic carbocycles. The second-order valence-corrected chi connectivity index (χ2v) is 9.27. The van der Waals surface area contributed by atoms with Gasteiger partial charge in [0.15, 0.2) is 0 Å². The molecular weight excluding hydrogens is 382 g/mol. The first-order valence-corrected chi connectivity index (χ1v) is 10.3. The Hall–Kier alpha value is -1.63. The van der Waals surface area contributed by atoms with E-state index in [-0.39, 0.29) is 11.3 Å². The monoisotopic (exact) mass is 407 g/mol. The molecule has 0 bridgehead atoms. The third-order valence-electron chi connectivity index (χ3n) is 4.65. The summed E-state index contributed by atoms with van der Waals surface area (Å²) >= 11 is 7.63. The van der Waals surface area contributed by atoms with Crippen molar-refractivity contribution in [2.45, 2.75) is 32.7 Å². The lowest BCUT2D eigenvalue weighted by atomic mass is 9.98. The van der Waals surface area contributed by atoms with Crippen molar-refractivity contribution in [3.8, 4) is 5.75 Å². The molecule has 1 aliphatic rings. The van der Waals surface area contributed by atoms with Gasteiger partial charge in [-0.3, -0.25) is 9.69 Å². The van der Waals surface area contributed by atoms with Gasteiger partial charge in [-0.2, -0.15) is 0 Å². The molecule has 0 radical (unpaired) electrons. The molecule has 0 N–H and O–H groups in total. The lowest BCUT2D eigenvalue weighted by Gasteiger charge is -2.34. The summed E-state index contributed by atoms with van der Waals surface area (Å²) in [6.07, 6.45) is 1.72. The van der Waals surface area contributed by atoms with Crippen LogP contribution in [0.2, 0.25) is 5.02 Å². The average molecular weight is 408 g/mol. The molecular formula is C20H26ClN3O2S. The lowest BCUT2D eigenvalue weighted by molar-refractivity contribution is 0.0632. The molecule has 1 aromatic heterocycles. The van der Waals surface area contributed by atoms with Crippen LogP contribution in [0.1, 0.15) is 41.0 Å². The maximum atomic E-state index is 12.8. The highest BCUT2D eigenvalue weighted by Crippen LogP contribution is 2.28. The lowest BCUT2D eigenvalue weighted by Crippen LogP contribution is -2.48. The molecule has 1 aliphatic heterocycles. The van der Waals surface area contributed by atoms with Crippen LogP contribution >= 0.6 is 22.9 Å². The fourth-order valence-electron chi connectivity index (χ4n) is 3.10. The Morgan fingerprint density at radius 3 is 2.56 bits per heavy atom. The number of amides is 1. The number of benzene rings is 1. The van der Waals surface area contributed by atoms with Gasteiger partial charge in [-0.15, -0.1) is 11.3 Å². The van der Waals surface area contributed by atoms with E-state index in [1.165, 1.54) is 11.3 Å². The van der Waals surface area contributed by atoms with E-state index in [2.05, 4.69) is 30.7 Å². The zero-order chi connectivity index (χ0) is 19.6. The summed E-state index contributed by atoms with van der Waals surface area (Å²) in [5.74, 6) is 0.931. The number of methoxy groups -OCH3 is 1. The fourth-order valence-corrected chi connectivity index (χ4v) is 4.23. The highest BCUT2D eigenvalue weighted by atomic mass is 35.5. The maximum Gasteiger partial charge on any atom is 0.265 e. The summed E-state index contributed by atoms with van der Waals surface area (Å²) in [6.45, 7) is 10.2. The minimum atomic E-state index is -0.0299. The Kier molecular flexibility index (Phi) is 6.08. The number of hydrogen-bond donors (Lipinski definition) is 0. The second-order valence-electron chi connectivity index (χ2n) is 7.80. The van der Waals surface area contributed by atoms with Crippen LogP contribution < -0.4 is 4.74 Å². The van der Waals surface area contributed by atoms with Gasteiger partial charge in [0.1, 0.15) is 10.6 Å². The van der Waals surface area contributed by atoms with E-state index in [0.29, 0.717) is 18.1 Å². The molecule has 1 saturated heterocycles. The third kappa shape index (κ3) is 4.81. The largest absolute Gasteiger partial charge is 0.496 e. The molecule has 0 saturated carbocycles. The molecule has 146 valence electrons. The number of ether oxygens (including phenoxy) is 1. The van der Waals surface area contributed by atoms with Crippen molar-refractivity contribution in [1.29, 1.82) is 0 Å². The standard InChI is InChI=1S/C20H26ClN3O2S/c1-20(2,3)19-22-12-17(27-19)18(25)24-9-7-23(8-10-24)13-14-11-15(21)5-6-16(14)26-4/h5-6,11-12H,7-10,13H2,1-4H3. The number of aromatic nitrogens is 1. The van der Waals surface area contributed by atoms with Gasteiger partial charge >= 0.3 is 0 Å². The van der Waals surface area contributed by atoms with Crippen LogP contribution in [0.15, 0.2) is 24.4 Å². The maximum absolute atomic E-state index is 12.8. The van der Waals surface area contributed by atoms with Crippen molar-refractivity contribution < 1.29 is 9.53 Å². The van der Waals surface area contributed by atoms with Crippen LogP contribution in [-0.2, 0) is 12.0 Å². The highest BCUT2D eigenvalue weighted by Gasteiger charge is 2.26. The predicted octanol–water partition coefficient (Wildman–Crippen LogP) is 4.06. The number of rotatable bonds is 4. The quantitative estimate of drug-likeness (QED) is 0.766. The van der Waals surface area contributed by atoms with Gasteiger partial charge in [0.05, 0.1) is 18.3 Å². The Morgan fingerprint density at radius 2 is 1.96 bits per heavy atom. The molecule has 5 nitrogen and oxygen atoms in total. The van der Waals surface area contributed by atoms with Crippen LogP contribution in [0, 0.1) is 0 Å². The number of carbonyl (C=O) groups excluding carboxylic acids is 1. The number of thiazole rings is 1. The molecule has 7 heteroatoms. The second kappa shape index (κ2) is 8.17. The molecule has 0 atom stereocenters. The molecule has 0 unspecified atom stereocenters. The van der Waals surface area contributed by atoms with E-state index >= 15 is 0 Å². The van der Waals surface area contributed by atoms with Crippen LogP contribution in [0.4, 0.5) is 0 Å². The number of hydrogen-bond acceptors (Lipinski definition) is 5. The number of carbonyl (C=O) groups is 1. The average Bonchev–Trinajstić information content (AvgIpc) is 3.12. The third-order valence-corrected chi connectivity index (χ3v) is 6.30. The number of nitrogens with zero attached hydrogens (tertiary/aromatic N) is 3. The summed E-state index contributed by atoms with van der Waals surface area (Å²) in [5.41, 5.74) is 1.04. The smallest absolute Gasteiger partial charge is 0.265 e. The molecule has 1 aromatic carbocycles. The first-order valence-electron chi connectivity index (χ1n) is 9.08. The summed E-state index contributed by atoms with van der Waals surface area (Å²) < 4.78 is 5.43. The zero-order valence-corrected chi connectivity index (χ0v) is 17.9. The molecule has 1 amide bonds. The van der Waals surface area contributed by atoms with Crippen LogP contribution in [0.25, 0.3) is 0 Å². The van der Waals surface area contributed by atoms with Crippen molar-refractivity contribution >= 4 is 28.8 Å². The zero-order valence-electron chi connectivity index (χ0n) is 16.3. The normalized spacial score (nSPS) is 15.8. The summed E-state index contributed by atoms with van der Waals surface area (Å²) in [7, 11) is 1.67. The molecule has 2 aromatic rings. The summed E-state index contributed by atoms with van der Waals surface area (Å²) in [5, 5.41) is 1.71. The van der Waals surface area contributed by atoms with Crippen molar-refractivity contribution in [1.82, 2.24) is 14.8 Å². The fraction of sp³-hybridized carbons (Fsp3) is 0.500. The summed E-state index contributed by atoms with van der Waals surface area (Å²) in [4.78, 5) is 22.2. The van der Waals surface area contributed by atoms with Gasteiger partial charge in [0.25, 0.3) is 5.91 Å². The van der Waals surface area contributed by atoms with E-state index in [1.54, 1.807) is 13.3 Å². The molecule has 27 heavy (non-hydrogen) atoms. The van der Waals surface area contributed by atoms with E-state index in [4.69, 9.17) is 16.3 Å². The Balaban J connectivity index is 1.60. The first kappa shape index (κ1) is 20.1. The Labute approximate surface area is 169 Å². The van der Waals surface area contributed by atoms with Gasteiger partial charge in [0.2, 0.25) is 0 Å². The Morgan fingerprint density at radius 1 is 1.26 bits per heavy atom. The van der Waals surface area contributed by atoms with E-state index < -0.39 is 0 Å². The first-order chi connectivity index (χ1) is 12.8. The van der Waals surface area contributed by atoms with Gasteiger partial charge in [-0.1, -0.05) is 32.4 Å². The number of halogens is 1. The number of piperazine rings is 1. The van der Waals surface area contributed by atoms with Crippen molar-refractivity contribution in [3.63, 3.8) is 0 Å². The molecule has 1 fully saturated rings. The van der Waals surface area contributed by atoms with E-state index in [0.717, 1.165) is 40.8 Å². The summed E-state index contributed by atoms with van der Waals surface area (Å²) in [6, 6.07) is 5.68. The van der Waals surface area contributed by atoms with Crippen molar-refractivity contribution in [2.24, 2.45) is 0 Å². The van der Waals surface area contributed by atoms with Crippen LogP contribution in [-0.4, -0.2) is 54.0 Å². The van der Waals surface area contributed by atoms with Crippen molar-refractivity contribution in [3.05, 3.63) is 44.9 Å². The predicted molar refractivity (Wildman–Crippen MR) is 110 cm³/mol. The van der Waals surface area contributed by atoms with E-state index in [1.807, 2.05) is 23.1 Å².